The predicted molar refractivity (Wildman–Crippen MR) is 60.6 cm³/mol. The third kappa shape index (κ3) is 2.05. The summed E-state index contributed by atoms with van der Waals surface area (Å²) in [5.41, 5.74) is 5.61. The summed E-state index contributed by atoms with van der Waals surface area (Å²) in [6, 6.07) is 4.81. The number of nitrogens with two attached hydrogens (primary N) is 1. The van der Waals surface area contributed by atoms with Crippen molar-refractivity contribution in [3.05, 3.63) is 29.8 Å². The van der Waals surface area contributed by atoms with Gasteiger partial charge in [0.25, 0.3) is 0 Å². The minimum Gasteiger partial charge on any atom is -0.366 e. The molecule has 0 aliphatic carbocycles. The molecule has 92 valence electrons. The van der Waals surface area contributed by atoms with Gasteiger partial charge in [0.1, 0.15) is 6.42 Å². The number of nitrogens with one attached hydrogen (secondary N) is 1. The van der Waals surface area contributed by atoms with E-state index in [9.17, 15) is 19.2 Å². The van der Waals surface area contributed by atoms with Crippen molar-refractivity contribution in [2.24, 2.45) is 5.73 Å². The molecule has 1 saturated heterocycles. The van der Waals surface area contributed by atoms with Gasteiger partial charge in [0.2, 0.25) is 17.7 Å². The molecule has 0 spiro atoms. The number of barbiturate groups is 1. The summed E-state index contributed by atoms with van der Waals surface area (Å²) in [6.45, 7) is 0. The van der Waals surface area contributed by atoms with E-state index < -0.39 is 23.8 Å². The molecule has 0 aromatic heterocycles. The van der Waals surface area contributed by atoms with Crippen molar-refractivity contribution >= 4 is 29.4 Å². The minimum atomic E-state index is -0.803. The molecule has 1 fully saturated rings. The van der Waals surface area contributed by atoms with E-state index in [0.717, 1.165) is 4.90 Å². The fourth-order valence-corrected chi connectivity index (χ4v) is 1.59. The van der Waals surface area contributed by atoms with Gasteiger partial charge in [-0.1, -0.05) is 0 Å². The Bertz CT molecular complexity index is 530. The molecular weight excluding hydrogens is 238 g/mol. The number of imide groups is 2. The van der Waals surface area contributed by atoms with Crippen LogP contribution in [0, 0.1) is 0 Å². The van der Waals surface area contributed by atoms with E-state index in [1.807, 2.05) is 5.32 Å². The lowest BCUT2D eigenvalue weighted by Gasteiger charge is -2.24. The summed E-state index contributed by atoms with van der Waals surface area (Å²) in [4.78, 5) is 45.8. The number of nitrogens with zero attached hydrogens (tertiary/aromatic N) is 1. The molecule has 7 heteroatoms. The van der Waals surface area contributed by atoms with Crippen LogP contribution in [0.2, 0.25) is 0 Å². The second-order valence-electron chi connectivity index (χ2n) is 3.67. The predicted octanol–water partition coefficient (Wildman–Crippen LogP) is -0.242. The van der Waals surface area contributed by atoms with Crippen LogP contribution in [0.3, 0.4) is 0 Å². The van der Waals surface area contributed by atoms with Crippen LogP contribution in [0.25, 0.3) is 0 Å². The van der Waals surface area contributed by atoms with Crippen LogP contribution < -0.4 is 16.0 Å². The van der Waals surface area contributed by atoms with Crippen molar-refractivity contribution in [1.82, 2.24) is 5.32 Å². The SMILES string of the molecule is NC(=O)c1ccc(N2C(=O)CC(=O)NC2=O)cc1. The molecule has 1 aromatic rings. The zero-order valence-electron chi connectivity index (χ0n) is 9.17. The highest BCUT2D eigenvalue weighted by molar-refractivity contribution is 6.26. The summed E-state index contributed by atoms with van der Waals surface area (Å²) in [5.74, 6) is -1.85. The van der Waals surface area contributed by atoms with Gasteiger partial charge in [-0.05, 0) is 24.3 Å². The summed E-state index contributed by atoms with van der Waals surface area (Å²) in [6.07, 6.45) is -0.386. The Morgan fingerprint density at radius 1 is 1.17 bits per heavy atom. The van der Waals surface area contributed by atoms with Crippen molar-refractivity contribution < 1.29 is 19.2 Å². The Kier molecular flexibility index (Phi) is 2.80. The van der Waals surface area contributed by atoms with Crippen LogP contribution in [0.4, 0.5) is 10.5 Å². The Balaban J connectivity index is 2.30. The molecule has 1 heterocycles. The first-order valence-corrected chi connectivity index (χ1v) is 5.05. The van der Waals surface area contributed by atoms with Gasteiger partial charge in [-0.25, -0.2) is 9.69 Å². The fraction of sp³-hybridized carbons (Fsp3) is 0.0909. The zero-order valence-corrected chi connectivity index (χ0v) is 9.17. The number of hydrogen-bond donors (Lipinski definition) is 2. The molecule has 3 N–H and O–H groups in total. The number of amides is 5. The van der Waals surface area contributed by atoms with Gasteiger partial charge in [-0.3, -0.25) is 19.7 Å². The zero-order chi connectivity index (χ0) is 13.3. The van der Waals surface area contributed by atoms with E-state index in [1.54, 1.807) is 0 Å². The molecule has 0 bridgehead atoms. The van der Waals surface area contributed by atoms with Gasteiger partial charge in [0.05, 0.1) is 5.69 Å². The second kappa shape index (κ2) is 4.28. The Morgan fingerprint density at radius 3 is 2.28 bits per heavy atom. The van der Waals surface area contributed by atoms with Crippen molar-refractivity contribution in [1.29, 1.82) is 0 Å². The smallest absolute Gasteiger partial charge is 0.335 e. The first-order valence-electron chi connectivity index (χ1n) is 5.05. The molecule has 1 aliphatic heterocycles. The van der Waals surface area contributed by atoms with Gasteiger partial charge >= 0.3 is 6.03 Å². The number of primary amides is 1. The van der Waals surface area contributed by atoms with Crippen molar-refractivity contribution in [2.45, 2.75) is 6.42 Å². The lowest BCUT2D eigenvalue weighted by atomic mass is 10.1. The van der Waals surface area contributed by atoms with Gasteiger partial charge in [0, 0.05) is 5.56 Å². The number of rotatable bonds is 2. The van der Waals surface area contributed by atoms with Gasteiger partial charge in [-0.15, -0.1) is 0 Å². The molecule has 5 amide bonds. The number of hydrogen-bond acceptors (Lipinski definition) is 4. The molecule has 0 saturated carbocycles. The van der Waals surface area contributed by atoms with E-state index in [4.69, 9.17) is 5.73 Å². The van der Waals surface area contributed by atoms with E-state index in [-0.39, 0.29) is 17.7 Å². The maximum absolute atomic E-state index is 11.6. The quantitative estimate of drug-likeness (QED) is 0.702. The Morgan fingerprint density at radius 2 is 1.78 bits per heavy atom. The molecule has 1 aromatic carbocycles. The molecule has 0 unspecified atom stereocenters. The molecule has 18 heavy (non-hydrogen) atoms. The molecular formula is C11H9N3O4. The fourth-order valence-electron chi connectivity index (χ4n) is 1.59. The summed E-state index contributed by atoms with van der Waals surface area (Å²) in [5, 5.41) is 2.03. The van der Waals surface area contributed by atoms with Gasteiger partial charge in [-0.2, -0.15) is 0 Å². The largest absolute Gasteiger partial charge is 0.366 e. The lowest BCUT2D eigenvalue weighted by Crippen LogP contribution is -2.52. The first-order chi connectivity index (χ1) is 8.49. The lowest BCUT2D eigenvalue weighted by molar-refractivity contribution is -0.128. The topological polar surface area (TPSA) is 110 Å². The van der Waals surface area contributed by atoms with E-state index in [2.05, 4.69) is 0 Å². The summed E-state index contributed by atoms with van der Waals surface area (Å²) >= 11 is 0. The van der Waals surface area contributed by atoms with Crippen molar-refractivity contribution in [3.8, 4) is 0 Å². The van der Waals surface area contributed by atoms with Crippen molar-refractivity contribution in [2.75, 3.05) is 4.90 Å². The highest BCUT2D eigenvalue weighted by atomic mass is 16.2. The average Bonchev–Trinajstić information content (AvgIpc) is 2.28. The second-order valence-corrected chi connectivity index (χ2v) is 3.67. The average molecular weight is 247 g/mol. The third-order valence-corrected chi connectivity index (χ3v) is 2.42. The highest BCUT2D eigenvalue weighted by Gasteiger charge is 2.31. The minimum absolute atomic E-state index is 0.264. The maximum Gasteiger partial charge on any atom is 0.335 e. The van der Waals surface area contributed by atoms with E-state index in [1.165, 1.54) is 24.3 Å². The maximum atomic E-state index is 11.6. The van der Waals surface area contributed by atoms with E-state index in [0.29, 0.717) is 0 Å². The first kappa shape index (κ1) is 11.8. The third-order valence-electron chi connectivity index (χ3n) is 2.42. The Hall–Kier alpha value is -2.70. The van der Waals surface area contributed by atoms with Crippen LogP contribution in [-0.4, -0.2) is 23.8 Å². The normalized spacial score (nSPS) is 15.6. The van der Waals surface area contributed by atoms with Crippen LogP contribution >= 0.6 is 0 Å². The van der Waals surface area contributed by atoms with Crippen molar-refractivity contribution in [3.63, 3.8) is 0 Å². The molecule has 1 aliphatic rings. The number of benzene rings is 1. The molecule has 7 nitrogen and oxygen atoms in total. The number of carbonyl (C=O) groups is 4. The van der Waals surface area contributed by atoms with Crippen LogP contribution in [-0.2, 0) is 9.59 Å². The van der Waals surface area contributed by atoms with Gasteiger partial charge in [0.15, 0.2) is 0 Å². The van der Waals surface area contributed by atoms with Crippen LogP contribution in [0.15, 0.2) is 24.3 Å². The molecule has 0 atom stereocenters. The van der Waals surface area contributed by atoms with E-state index >= 15 is 0 Å². The molecule has 2 rings (SSSR count). The molecule has 0 radical (unpaired) electrons. The highest BCUT2D eigenvalue weighted by Crippen LogP contribution is 2.18. The summed E-state index contributed by atoms with van der Waals surface area (Å²) in [7, 11) is 0. The monoisotopic (exact) mass is 247 g/mol. The number of carbonyl (C=O) groups excluding carboxylic acids is 4. The Labute approximate surface area is 102 Å². The summed E-state index contributed by atoms with van der Waals surface area (Å²) < 4.78 is 0. The van der Waals surface area contributed by atoms with Crippen LogP contribution in [0.1, 0.15) is 16.8 Å². The standard InChI is InChI=1S/C11H9N3O4/c12-10(17)6-1-3-7(4-2-6)14-9(16)5-8(15)13-11(14)18/h1-4H,5H2,(H2,12,17)(H,13,15,18). The van der Waals surface area contributed by atoms with Gasteiger partial charge < -0.3 is 5.73 Å². The van der Waals surface area contributed by atoms with Crippen LogP contribution in [0.5, 0.6) is 0 Å². The number of urea groups is 1. The number of anilines is 1.